The number of aromatic amines is 1. The predicted molar refractivity (Wildman–Crippen MR) is 93.5 cm³/mol. The summed E-state index contributed by atoms with van der Waals surface area (Å²) < 4.78 is 0. The van der Waals surface area contributed by atoms with Gasteiger partial charge >= 0.3 is 0 Å². The average Bonchev–Trinajstić information content (AvgIpc) is 3.10. The van der Waals surface area contributed by atoms with E-state index >= 15 is 0 Å². The minimum atomic E-state index is -0.515. The topological polar surface area (TPSA) is 69.2 Å². The molecule has 1 saturated heterocycles. The van der Waals surface area contributed by atoms with Crippen molar-refractivity contribution in [2.45, 2.75) is 31.4 Å². The van der Waals surface area contributed by atoms with Gasteiger partial charge < -0.3 is 15.0 Å². The second-order valence-corrected chi connectivity index (χ2v) is 6.42. The fourth-order valence-electron chi connectivity index (χ4n) is 3.03. The van der Waals surface area contributed by atoms with Crippen molar-refractivity contribution in [2.75, 3.05) is 6.54 Å². The second-order valence-electron chi connectivity index (χ2n) is 5.98. The summed E-state index contributed by atoms with van der Waals surface area (Å²) in [4.78, 5) is 21.2. The number of carbonyl (C=O) groups excluding carboxylic acids is 1. The number of piperidine rings is 1. The maximum Gasteiger partial charge on any atom is 0.246 e. The van der Waals surface area contributed by atoms with E-state index in [1.54, 1.807) is 23.5 Å². The molecule has 3 rings (SSSR count). The first kappa shape index (κ1) is 16.7. The van der Waals surface area contributed by atoms with E-state index in [1.807, 2.05) is 24.3 Å². The number of hydrogen-bond donors (Lipinski definition) is 2. The van der Waals surface area contributed by atoms with Crippen LogP contribution in [0, 0.1) is 0 Å². The van der Waals surface area contributed by atoms with Gasteiger partial charge in [-0.25, -0.2) is 4.98 Å². The summed E-state index contributed by atoms with van der Waals surface area (Å²) in [5.74, 6) is -0.0951. The Hall–Kier alpha value is -2.11. The van der Waals surface area contributed by atoms with Gasteiger partial charge in [-0.2, -0.15) is 0 Å². The molecule has 1 aliphatic rings. The molecule has 1 aliphatic heterocycles. The molecule has 24 heavy (non-hydrogen) atoms. The van der Waals surface area contributed by atoms with Crippen molar-refractivity contribution in [3.63, 3.8) is 0 Å². The van der Waals surface area contributed by atoms with Crippen molar-refractivity contribution in [1.82, 2.24) is 14.9 Å². The average molecular weight is 346 g/mol. The molecular weight excluding hydrogens is 326 g/mol. The molecule has 2 aromatic rings. The molecule has 0 bridgehead atoms. The lowest BCUT2D eigenvalue weighted by Gasteiger charge is -2.38. The quantitative estimate of drug-likeness (QED) is 0.837. The van der Waals surface area contributed by atoms with Crippen LogP contribution >= 0.6 is 11.6 Å². The summed E-state index contributed by atoms with van der Waals surface area (Å²) in [6.45, 7) is 0.654. The molecule has 126 valence electrons. The van der Waals surface area contributed by atoms with E-state index < -0.39 is 6.10 Å². The number of aliphatic hydroxyl groups excluding tert-OH is 1. The van der Waals surface area contributed by atoms with Crippen molar-refractivity contribution < 1.29 is 9.90 Å². The van der Waals surface area contributed by atoms with Gasteiger partial charge in [0.25, 0.3) is 0 Å². The van der Waals surface area contributed by atoms with Crippen LogP contribution in [0.25, 0.3) is 6.08 Å². The van der Waals surface area contributed by atoms with Crippen LogP contribution in [-0.4, -0.2) is 44.6 Å². The Bertz CT molecular complexity index is 698. The molecular formula is C18H20ClN3O2. The predicted octanol–water partition coefficient (Wildman–Crippen LogP) is 2.67. The number of carbonyl (C=O) groups is 1. The fourth-order valence-corrected chi connectivity index (χ4v) is 3.16. The van der Waals surface area contributed by atoms with Crippen LogP contribution in [0.4, 0.5) is 0 Å². The van der Waals surface area contributed by atoms with Crippen LogP contribution in [0.15, 0.2) is 42.9 Å². The molecule has 1 aromatic carbocycles. The first-order valence-corrected chi connectivity index (χ1v) is 8.41. The highest BCUT2D eigenvalue weighted by Gasteiger charge is 2.32. The summed E-state index contributed by atoms with van der Waals surface area (Å²) in [6, 6.07) is 7.31. The number of hydrogen-bond acceptors (Lipinski definition) is 3. The summed E-state index contributed by atoms with van der Waals surface area (Å²) >= 11 is 5.92. The number of rotatable bonds is 4. The molecule has 0 aliphatic carbocycles. The van der Waals surface area contributed by atoms with Gasteiger partial charge in [0.2, 0.25) is 5.91 Å². The van der Waals surface area contributed by atoms with Gasteiger partial charge in [0, 0.05) is 17.6 Å². The van der Waals surface area contributed by atoms with Gasteiger partial charge in [-0.15, -0.1) is 0 Å². The zero-order valence-electron chi connectivity index (χ0n) is 13.2. The first-order chi connectivity index (χ1) is 11.6. The van der Waals surface area contributed by atoms with E-state index in [2.05, 4.69) is 9.97 Å². The van der Waals surface area contributed by atoms with Crippen molar-refractivity contribution in [1.29, 1.82) is 0 Å². The van der Waals surface area contributed by atoms with E-state index in [-0.39, 0.29) is 11.9 Å². The first-order valence-electron chi connectivity index (χ1n) is 8.03. The number of nitrogens with zero attached hydrogens (tertiary/aromatic N) is 2. The number of aliphatic hydroxyl groups is 1. The van der Waals surface area contributed by atoms with Crippen LogP contribution in [0.5, 0.6) is 0 Å². The molecule has 6 heteroatoms. The van der Waals surface area contributed by atoms with Crippen molar-refractivity contribution >= 4 is 23.6 Å². The van der Waals surface area contributed by atoms with Gasteiger partial charge in [-0.05, 0) is 43.0 Å². The molecule has 5 nitrogen and oxygen atoms in total. The third-order valence-corrected chi connectivity index (χ3v) is 4.56. The summed E-state index contributed by atoms with van der Waals surface area (Å²) in [5, 5.41) is 11.1. The molecule has 0 radical (unpaired) electrons. The Morgan fingerprint density at radius 2 is 2.21 bits per heavy atom. The lowest BCUT2D eigenvalue weighted by Crippen LogP contribution is -2.51. The molecule has 2 atom stereocenters. The van der Waals surface area contributed by atoms with Gasteiger partial charge in [0.05, 0.1) is 30.4 Å². The van der Waals surface area contributed by atoms with Crippen LogP contribution in [0.3, 0.4) is 0 Å². The third kappa shape index (κ3) is 4.04. The Kier molecular flexibility index (Phi) is 5.33. The number of H-pyrrole nitrogens is 1. The minimum absolute atomic E-state index is 0.0951. The van der Waals surface area contributed by atoms with E-state index in [0.29, 0.717) is 24.4 Å². The Morgan fingerprint density at radius 1 is 1.42 bits per heavy atom. The van der Waals surface area contributed by atoms with Crippen LogP contribution in [-0.2, 0) is 11.2 Å². The lowest BCUT2D eigenvalue weighted by atomic mass is 9.93. The molecule has 1 fully saturated rings. The molecule has 0 unspecified atom stereocenters. The Labute approximate surface area is 146 Å². The number of aromatic nitrogens is 2. The highest BCUT2D eigenvalue weighted by Crippen LogP contribution is 2.23. The maximum absolute atomic E-state index is 12.6. The normalized spacial score (nSPS) is 21.3. The number of likely N-dealkylation sites (tertiary alicyclic amines) is 1. The molecule has 2 N–H and O–H groups in total. The number of imidazole rings is 1. The van der Waals surface area contributed by atoms with E-state index in [1.165, 1.54) is 6.08 Å². The summed E-state index contributed by atoms with van der Waals surface area (Å²) in [6.07, 6.45) is 8.07. The monoisotopic (exact) mass is 345 g/mol. The zero-order valence-corrected chi connectivity index (χ0v) is 14.0. The minimum Gasteiger partial charge on any atom is -0.391 e. The van der Waals surface area contributed by atoms with Gasteiger partial charge in [-0.1, -0.05) is 23.7 Å². The van der Waals surface area contributed by atoms with Crippen LogP contribution in [0.1, 0.15) is 24.1 Å². The van der Waals surface area contributed by atoms with Crippen molar-refractivity contribution in [3.8, 4) is 0 Å². The highest BCUT2D eigenvalue weighted by atomic mass is 35.5. The van der Waals surface area contributed by atoms with Gasteiger partial charge in [0.1, 0.15) is 0 Å². The molecule has 1 aromatic heterocycles. The third-order valence-electron chi connectivity index (χ3n) is 4.31. The number of nitrogens with one attached hydrogen (secondary N) is 1. The van der Waals surface area contributed by atoms with Crippen molar-refractivity contribution in [2.24, 2.45) is 0 Å². The van der Waals surface area contributed by atoms with Crippen LogP contribution in [0.2, 0.25) is 5.02 Å². The smallest absolute Gasteiger partial charge is 0.246 e. The molecule has 0 spiro atoms. The molecule has 0 saturated carbocycles. The van der Waals surface area contributed by atoms with Gasteiger partial charge in [0.15, 0.2) is 0 Å². The van der Waals surface area contributed by atoms with Crippen LogP contribution < -0.4 is 0 Å². The second kappa shape index (κ2) is 7.64. The molecule has 2 heterocycles. The maximum atomic E-state index is 12.6. The Morgan fingerprint density at radius 3 is 2.92 bits per heavy atom. The lowest BCUT2D eigenvalue weighted by molar-refractivity contribution is -0.133. The van der Waals surface area contributed by atoms with Gasteiger partial charge in [-0.3, -0.25) is 4.79 Å². The van der Waals surface area contributed by atoms with E-state index in [9.17, 15) is 9.90 Å². The van der Waals surface area contributed by atoms with Crippen molar-refractivity contribution in [3.05, 3.63) is 59.1 Å². The zero-order chi connectivity index (χ0) is 16.9. The largest absolute Gasteiger partial charge is 0.391 e. The van der Waals surface area contributed by atoms with E-state index in [0.717, 1.165) is 17.7 Å². The summed E-state index contributed by atoms with van der Waals surface area (Å²) in [7, 11) is 0. The SMILES string of the molecule is O=C(/C=C/c1cnc[nH]1)N1CCC[C@H](O)[C@@H]1Cc1ccc(Cl)cc1. The molecule has 1 amide bonds. The number of halogens is 1. The Balaban J connectivity index is 1.73. The number of amides is 1. The highest BCUT2D eigenvalue weighted by molar-refractivity contribution is 6.30. The number of benzene rings is 1. The standard InChI is InChI=1S/C18H20ClN3O2/c19-14-5-3-13(4-6-14)10-16-17(23)2-1-9-22(16)18(24)8-7-15-11-20-12-21-15/h3-8,11-12,16-17,23H,1-2,9-10H2,(H,20,21)/b8-7+/t16-,17-/m0/s1. The fraction of sp³-hybridized carbons (Fsp3) is 0.333. The van der Waals surface area contributed by atoms with E-state index in [4.69, 9.17) is 11.6 Å². The summed E-state index contributed by atoms with van der Waals surface area (Å²) in [5.41, 5.74) is 1.83.